The van der Waals surface area contributed by atoms with E-state index in [-0.39, 0.29) is 0 Å². The number of hydrogen-bond donors (Lipinski definition) is 0. The quantitative estimate of drug-likeness (QED) is 0.224. The van der Waals surface area contributed by atoms with Crippen molar-refractivity contribution >= 4 is 46.4 Å². The molecule has 0 saturated heterocycles. The lowest BCUT2D eigenvalue weighted by Crippen LogP contribution is -2.05. The Balaban J connectivity index is 1.85. The summed E-state index contributed by atoms with van der Waals surface area (Å²) in [6.07, 6.45) is 0. The molecule has 5 rings (SSSR count). The zero-order valence-corrected chi connectivity index (χ0v) is 20.9. The number of nitrogens with zero attached hydrogens (tertiary/aromatic N) is 2. The molecule has 1 heterocycles. The molecule has 0 aliphatic rings. The van der Waals surface area contributed by atoms with Gasteiger partial charge in [0.05, 0.1) is 38.0 Å². The van der Waals surface area contributed by atoms with E-state index in [1.807, 2.05) is 60.7 Å². The maximum Gasteiger partial charge on any atom is 0.143 e. The van der Waals surface area contributed by atoms with Gasteiger partial charge in [0, 0.05) is 16.7 Å². The largest absolute Gasteiger partial charge is 0.319 e. The van der Waals surface area contributed by atoms with Crippen LogP contribution < -0.4 is 0 Å². The number of aromatic nitrogens is 2. The minimum Gasteiger partial charge on any atom is -0.319 e. The van der Waals surface area contributed by atoms with Crippen LogP contribution in [-0.4, -0.2) is 9.55 Å². The van der Waals surface area contributed by atoms with Gasteiger partial charge >= 0.3 is 0 Å². The van der Waals surface area contributed by atoms with Gasteiger partial charge in [0.25, 0.3) is 0 Å². The van der Waals surface area contributed by atoms with Gasteiger partial charge in [0.1, 0.15) is 5.82 Å². The first-order valence-corrected chi connectivity index (χ1v) is 12.1. The van der Waals surface area contributed by atoms with Crippen LogP contribution in [0.25, 0.3) is 33.9 Å². The Hall–Kier alpha value is -2.75. The van der Waals surface area contributed by atoms with Crippen LogP contribution in [0.15, 0.2) is 97.1 Å². The molecule has 6 heteroatoms. The van der Waals surface area contributed by atoms with E-state index in [0.29, 0.717) is 32.5 Å². The molecule has 1 aromatic heterocycles. The lowest BCUT2D eigenvalue weighted by atomic mass is 10.0. The average molecular weight is 524 g/mol. The first-order valence-electron chi connectivity index (χ1n) is 10.6. The van der Waals surface area contributed by atoms with Crippen LogP contribution in [0.1, 0.15) is 5.56 Å². The van der Waals surface area contributed by atoms with E-state index < -0.39 is 0 Å². The number of imidazole rings is 1. The number of benzene rings is 4. The maximum absolute atomic E-state index is 6.68. The Kier molecular flexibility index (Phi) is 6.67. The first-order chi connectivity index (χ1) is 16.5. The molecule has 0 spiro atoms. The van der Waals surface area contributed by atoms with E-state index in [4.69, 9.17) is 51.4 Å². The van der Waals surface area contributed by atoms with E-state index >= 15 is 0 Å². The summed E-state index contributed by atoms with van der Waals surface area (Å²) < 4.78 is 2.13. The van der Waals surface area contributed by atoms with Crippen LogP contribution in [0.4, 0.5) is 0 Å². The summed E-state index contributed by atoms with van der Waals surface area (Å²) in [5.74, 6) is 0.696. The molecule has 168 valence electrons. The van der Waals surface area contributed by atoms with Crippen molar-refractivity contribution in [3.63, 3.8) is 0 Å². The molecular formula is C28H18Cl4N2. The van der Waals surface area contributed by atoms with Crippen molar-refractivity contribution in [1.82, 2.24) is 9.55 Å². The third-order valence-electron chi connectivity index (χ3n) is 5.61. The lowest BCUT2D eigenvalue weighted by molar-refractivity contribution is 0.815. The van der Waals surface area contributed by atoms with Crippen LogP contribution in [-0.2, 0) is 6.54 Å². The third-order valence-corrected chi connectivity index (χ3v) is 7.29. The second-order valence-corrected chi connectivity index (χ2v) is 9.34. The summed E-state index contributed by atoms with van der Waals surface area (Å²) >= 11 is 26.0. The number of rotatable bonds is 5. The van der Waals surface area contributed by atoms with Gasteiger partial charge in [0.2, 0.25) is 0 Å². The minimum absolute atomic E-state index is 0.446. The Morgan fingerprint density at radius 2 is 1.18 bits per heavy atom. The highest BCUT2D eigenvalue weighted by Gasteiger charge is 2.23. The molecule has 5 aromatic rings. The van der Waals surface area contributed by atoms with Crippen molar-refractivity contribution in [1.29, 1.82) is 0 Å². The van der Waals surface area contributed by atoms with Crippen LogP contribution >= 0.6 is 46.4 Å². The monoisotopic (exact) mass is 522 g/mol. The number of halogens is 4. The molecule has 0 fully saturated rings. The molecule has 0 aliphatic carbocycles. The van der Waals surface area contributed by atoms with Crippen LogP contribution in [0.2, 0.25) is 20.1 Å². The molecule has 0 N–H and O–H groups in total. The van der Waals surface area contributed by atoms with Gasteiger partial charge in [-0.2, -0.15) is 0 Å². The van der Waals surface area contributed by atoms with Crippen LogP contribution in [0, 0.1) is 0 Å². The molecule has 0 radical (unpaired) electrons. The fourth-order valence-corrected chi connectivity index (χ4v) is 4.78. The highest BCUT2D eigenvalue weighted by Crippen LogP contribution is 2.41. The average Bonchev–Trinajstić information content (AvgIpc) is 3.23. The highest BCUT2D eigenvalue weighted by molar-refractivity contribution is 6.43. The Morgan fingerprint density at radius 3 is 1.85 bits per heavy atom. The van der Waals surface area contributed by atoms with Crippen molar-refractivity contribution in [2.75, 3.05) is 0 Å². The molecule has 2 nitrogen and oxygen atoms in total. The summed E-state index contributed by atoms with van der Waals surface area (Å²) in [5, 5.41) is 1.94. The summed E-state index contributed by atoms with van der Waals surface area (Å²) in [6, 6.07) is 31.5. The van der Waals surface area contributed by atoms with E-state index in [9.17, 15) is 0 Å². The fourth-order valence-electron chi connectivity index (χ4n) is 4.02. The van der Waals surface area contributed by atoms with Crippen molar-refractivity contribution in [2.24, 2.45) is 0 Å². The van der Waals surface area contributed by atoms with Gasteiger partial charge in [-0.05, 0) is 23.8 Å². The zero-order valence-electron chi connectivity index (χ0n) is 17.9. The van der Waals surface area contributed by atoms with Gasteiger partial charge in [-0.3, -0.25) is 0 Å². The van der Waals surface area contributed by atoms with Crippen molar-refractivity contribution in [3.8, 4) is 33.9 Å². The molecule has 0 bridgehead atoms. The van der Waals surface area contributed by atoms with Crippen LogP contribution in [0.3, 0.4) is 0 Å². The summed E-state index contributed by atoms with van der Waals surface area (Å²) in [4.78, 5) is 5.12. The highest BCUT2D eigenvalue weighted by atomic mass is 35.5. The Labute approximate surface area is 218 Å². The van der Waals surface area contributed by atoms with Crippen LogP contribution in [0.5, 0.6) is 0 Å². The normalized spacial score (nSPS) is 11.1. The van der Waals surface area contributed by atoms with E-state index in [1.54, 1.807) is 12.1 Å². The summed E-state index contributed by atoms with van der Waals surface area (Å²) in [5.41, 5.74) is 5.44. The summed E-state index contributed by atoms with van der Waals surface area (Å²) in [6.45, 7) is 0.446. The van der Waals surface area contributed by atoms with Gasteiger partial charge in [-0.1, -0.05) is 125 Å². The standard InChI is InChI=1S/C28H18Cl4N2/c29-22-15-7-13-20(24(22)31)17-34-27(19-11-5-2-6-12-19)26(18-9-3-1-4-10-18)33-28(34)21-14-8-16-23(30)25(21)32/h1-16H,17H2. The predicted molar refractivity (Wildman–Crippen MR) is 144 cm³/mol. The second kappa shape index (κ2) is 9.85. The van der Waals surface area contributed by atoms with E-state index in [2.05, 4.69) is 28.8 Å². The third kappa shape index (κ3) is 4.35. The molecule has 0 aliphatic heterocycles. The Morgan fingerprint density at radius 1 is 0.588 bits per heavy atom. The van der Waals surface area contributed by atoms with Gasteiger partial charge in [-0.25, -0.2) is 4.98 Å². The SMILES string of the molecule is Clc1cccc(Cn2c(-c3cccc(Cl)c3Cl)nc(-c3ccccc3)c2-c2ccccc2)c1Cl. The molecule has 0 saturated carbocycles. The minimum atomic E-state index is 0.446. The van der Waals surface area contributed by atoms with Gasteiger partial charge in [0.15, 0.2) is 0 Å². The molecule has 34 heavy (non-hydrogen) atoms. The van der Waals surface area contributed by atoms with Gasteiger partial charge in [-0.15, -0.1) is 0 Å². The molecule has 4 aromatic carbocycles. The van der Waals surface area contributed by atoms with Crippen molar-refractivity contribution in [2.45, 2.75) is 6.54 Å². The predicted octanol–water partition coefficient (Wildman–Crippen LogP) is 9.55. The Bertz CT molecular complexity index is 1460. The zero-order chi connectivity index (χ0) is 23.7. The first kappa shape index (κ1) is 23.0. The maximum atomic E-state index is 6.68. The number of hydrogen-bond acceptors (Lipinski definition) is 1. The molecule has 0 amide bonds. The van der Waals surface area contributed by atoms with Crippen molar-refractivity contribution < 1.29 is 0 Å². The second-order valence-electron chi connectivity index (χ2n) is 7.77. The molecule has 0 atom stereocenters. The summed E-state index contributed by atoms with van der Waals surface area (Å²) in [7, 11) is 0. The van der Waals surface area contributed by atoms with Gasteiger partial charge < -0.3 is 4.57 Å². The van der Waals surface area contributed by atoms with E-state index in [1.165, 1.54) is 0 Å². The lowest BCUT2D eigenvalue weighted by Gasteiger charge is -2.16. The van der Waals surface area contributed by atoms with Crippen molar-refractivity contribution in [3.05, 3.63) is 123 Å². The molecular weight excluding hydrogens is 506 g/mol. The van der Waals surface area contributed by atoms with E-state index in [0.717, 1.165) is 33.6 Å². The fraction of sp³-hybridized carbons (Fsp3) is 0.0357. The molecule has 0 unspecified atom stereocenters. The topological polar surface area (TPSA) is 17.8 Å². The smallest absolute Gasteiger partial charge is 0.143 e.